The minimum Gasteiger partial charge on any atom is -0.207 e. The predicted molar refractivity (Wildman–Crippen MR) is 78.7 cm³/mol. The SMILES string of the molecule is O=S(=O)(c1cc(Cl)c(Cl)cc1Cl)N1CCCCCC1. The number of nitrogens with zero attached hydrogens (tertiary/aromatic N) is 1. The zero-order valence-electron chi connectivity index (χ0n) is 10.2. The van der Waals surface area contributed by atoms with Gasteiger partial charge in [-0.25, -0.2) is 8.42 Å². The Hall–Kier alpha value is -0.000000000000000132. The minimum atomic E-state index is -3.60. The van der Waals surface area contributed by atoms with E-state index in [0.29, 0.717) is 13.1 Å². The second-order valence-electron chi connectivity index (χ2n) is 4.52. The van der Waals surface area contributed by atoms with Crippen LogP contribution in [-0.4, -0.2) is 25.8 Å². The summed E-state index contributed by atoms with van der Waals surface area (Å²) in [7, 11) is -3.60. The quantitative estimate of drug-likeness (QED) is 0.755. The number of hydrogen-bond acceptors (Lipinski definition) is 2. The second kappa shape index (κ2) is 6.19. The molecule has 1 aromatic rings. The Morgan fingerprint density at radius 2 is 1.37 bits per heavy atom. The van der Waals surface area contributed by atoms with E-state index in [1.165, 1.54) is 16.4 Å². The fourth-order valence-electron chi connectivity index (χ4n) is 2.12. The summed E-state index contributed by atoms with van der Waals surface area (Å²) in [6, 6.07) is 2.70. The molecule has 3 nitrogen and oxygen atoms in total. The molecule has 0 aliphatic carbocycles. The zero-order valence-corrected chi connectivity index (χ0v) is 13.3. The van der Waals surface area contributed by atoms with Crippen molar-refractivity contribution in [3.05, 3.63) is 27.2 Å². The van der Waals surface area contributed by atoms with Crippen molar-refractivity contribution in [2.45, 2.75) is 30.6 Å². The van der Waals surface area contributed by atoms with Crippen LogP contribution in [0, 0.1) is 0 Å². The van der Waals surface area contributed by atoms with E-state index < -0.39 is 10.0 Å². The van der Waals surface area contributed by atoms with Gasteiger partial charge in [-0.1, -0.05) is 47.6 Å². The van der Waals surface area contributed by atoms with E-state index in [0.717, 1.165) is 25.7 Å². The first-order valence-corrected chi connectivity index (χ1v) is 8.65. The van der Waals surface area contributed by atoms with Gasteiger partial charge in [-0.15, -0.1) is 0 Å². The maximum absolute atomic E-state index is 12.6. The number of halogens is 3. The molecule has 1 aliphatic heterocycles. The highest BCUT2D eigenvalue weighted by atomic mass is 35.5. The van der Waals surface area contributed by atoms with E-state index in [9.17, 15) is 8.42 Å². The van der Waals surface area contributed by atoms with Crippen LogP contribution in [0.1, 0.15) is 25.7 Å². The maximum atomic E-state index is 12.6. The van der Waals surface area contributed by atoms with E-state index in [4.69, 9.17) is 34.8 Å². The van der Waals surface area contributed by atoms with Crippen LogP contribution in [0.15, 0.2) is 17.0 Å². The van der Waals surface area contributed by atoms with Crippen LogP contribution < -0.4 is 0 Å². The van der Waals surface area contributed by atoms with Crippen molar-refractivity contribution in [2.75, 3.05) is 13.1 Å². The standard InChI is InChI=1S/C12H14Cl3NO2S/c13-9-7-11(15)12(8-10(9)14)19(17,18)16-5-3-1-2-4-6-16/h7-8H,1-6H2. The van der Waals surface area contributed by atoms with Gasteiger partial charge in [0.15, 0.2) is 0 Å². The number of benzene rings is 1. The molecule has 0 saturated carbocycles. The molecule has 0 bridgehead atoms. The summed E-state index contributed by atoms with van der Waals surface area (Å²) < 4.78 is 26.6. The molecular formula is C12H14Cl3NO2S. The maximum Gasteiger partial charge on any atom is 0.244 e. The summed E-state index contributed by atoms with van der Waals surface area (Å²) >= 11 is 17.7. The van der Waals surface area contributed by atoms with E-state index in [1.54, 1.807) is 0 Å². The fourth-order valence-corrected chi connectivity index (χ4v) is 4.62. The van der Waals surface area contributed by atoms with Gasteiger partial charge < -0.3 is 0 Å². The van der Waals surface area contributed by atoms with Gasteiger partial charge in [-0.2, -0.15) is 4.31 Å². The third-order valence-corrected chi connectivity index (χ3v) is 6.24. The molecule has 1 aliphatic rings. The fraction of sp³-hybridized carbons (Fsp3) is 0.500. The summed E-state index contributed by atoms with van der Waals surface area (Å²) in [6.07, 6.45) is 3.86. The normalized spacial score (nSPS) is 18.3. The summed E-state index contributed by atoms with van der Waals surface area (Å²) in [5.41, 5.74) is 0. The molecule has 19 heavy (non-hydrogen) atoms. The molecule has 0 unspecified atom stereocenters. The Kier molecular flexibility index (Phi) is 5.01. The minimum absolute atomic E-state index is 0.0328. The van der Waals surface area contributed by atoms with Gasteiger partial charge in [0.25, 0.3) is 0 Å². The van der Waals surface area contributed by atoms with Crippen molar-refractivity contribution in [3.63, 3.8) is 0 Å². The van der Waals surface area contributed by atoms with Gasteiger partial charge in [0, 0.05) is 13.1 Å². The lowest BCUT2D eigenvalue weighted by Crippen LogP contribution is -2.32. The van der Waals surface area contributed by atoms with E-state index in [-0.39, 0.29) is 20.0 Å². The molecule has 0 spiro atoms. The van der Waals surface area contributed by atoms with E-state index in [1.807, 2.05) is 0 Å². The Bertz CT molecular complexity index is 567. The Morgan fingerprint density at radius 3 is 1.95 bits per heavy atom. The van der Waals surface area contributed by atoms with Crippen molar-refractivity contribution in [1.29, 1.82) is 0 Å². The first kappa shape index (κ1) is 15.4. The third-order valence-electron chi connectivity index (χ3n) is 3.16. The highest BCUT2D eigenvalue weighted by Crippen LogP contribution is 2.33. The monoisotopic (exact) mass is 341 g/mol. The predicted octanol–water partition coefficient (Wildman–Crippen LogP) is 4.21. The van der Waals surface area contributed by atoms with E-state index >= 15 is 0 Å². The summed E-state index contributed by atoms with van der Waals surface area (Å²) in [5.74, 6) is 0. The van der Waals surface area contributed by atoms with Gasteiger partial charge in [0.1, 0.15) is 4.90 Å². The van der Waals surface area contributed by atoms with Crippen LogP contribution in [0.4, 0.5) is 0 Å². The van der Waals surface area contributed by atoms with Crippen molar-refractivity contribution in [3.8, 4) is 0 Å². The molecule has 0 radical (unpaired) electrons. The zero-order chi connectivity index (χ0) is 14.0. The van der Waals surface area contributed by atoms with Crippen LogP contribution in [-0.2, 0) is 10.0 Å². The van der Waals surface area contributed by atoms with Crippen molar-refractivity contribution in [1.82, 2.24) is 4.31 Å². The number of rotatable bonds is 2. The van der Waals surface area contributed by atoms with Gasteiger partial charge in [0.05, 0.1) is 15.1 Å². The summed E-state index contributed by atoms with van der Waals surface area (Å²) in [6.45, 7) is 1.05. The van der Waals surface area contributed by atoms with Crippen molar-refractivity contribution >= 4 is 44.8 Å². The lowest BCUT2D eigenvalue weighted by Gasteiger charge is -2.20. The molecule has 0 aromatic heterocycles. The van der Waals surface area contributed by atoms with E-state index in [2.05, 4.69) is 0 Å². The van der Waals surface area contributed by atoms with Crippen LogP contribution in [0.5, 0.6) is 0 Å². The number of hydrogen-bond donors (Lipinski definition) is 0. The highest BCUT2D eigenvalue weighted by molar-refractivity contribution is 7.89. The number of sulfonamides is 1. The van der Waals surface area contributed by atoms with Crippen molar-refractivity contribution in [2.24, 2.45) is 0 Å². The van der Waals surface area contributed by atoms with Crippen LogP contribution in [0.25, 0.3) is 0 Å². The van der Waals surface area contributed by atoms with Gasteiger partial charge in [-0.05, 0) is 25.0 Å². The average molecular weight is 343 g/mol. The molecule has 1 saturated heterocycles. The average Bonchev–Trinajstić information content (AvgIpc) is 2.62. The highest BCUT2D eigenvalue weighted by Gasteiger charge is 2.28. The van der Waals surface area contributed by atoms with Crippen LogP contribution in [0.2, 0.25) is 15.1 Å². The molecule has 1 fully saturated rings. The molecule has 0 amide bonds. The lowest BCUT2D eigenvalue weighted by molar-refractivity contribution is 0.424. The lowest BCUT2D eigenvalue weighted by atomic mass is 10.2. The van der Waals surface area contributed by atoms with Gasteiger partial charge in [0.2, 0.25) is 10.0 Å². The molecular weight excluding hydrogens is 329 g/mol. The smallest absolute Gasteiger partial charge is 0.207 e. The molecule has 106 valence electrons. The van der Waals surface area contributed by atoms with Gasteiger partial charge in [-0.3, -0.25) is 0 Å². The van der Waals surface area contributed by atoms with Crippen molar-refractivity contribution < 1.29 is 8.42 Å². The van der Waals surface area contributed by atoms with Crippen LogP contribution in [0.3, 0.4) is 0 Å². The summed E-state index contributed by atoms with van der Waals surface area (Å²) in [4.78, 5) is 0.0328. The molecule has 0 N–H and O–H groups in total. The summed E-state index contributed by atoms with van der Waals surface area (Å²) in [5, 5.41) is 0.555. The molecule has 7 heteroatoms. The Balaban J connectivity index is 2.41. The third kappa shape index (κ3) is 3.37. The molecule has 2 rings (SSSR count). The molecule has 1 aromatic carbocycles. The molecule has 0 atom stereocenters. The van der Waals surface area contributed by atoms with Crippen LogP contribution >= 0.6 is 34.8 Å². The largest absolute Gasteiger partial charge is 0.244 e. The first-order valence-electron chi connectivity index (χ1n) is 6.07. The topological polar surface area (TPSA) is 37.4 Å². The Morgan fingerprint density at radius 1 is 0.842 bits per heavy atom. The Labute approximate surface area is 128 Å². The second-order valence-corrected chi connectivity index (χ2v) is 7.64. The molecule has 1 heterocycles. The first-order chi connectivity index (χ1) is 8.93. The van der Waals surface area contributed by atoms with Gasteiger partial charge >= 0.3 is 0 Å².